The summed E-state index contributed by atoms with van der Waals surface area (Å²) in [5, 5.41) is 0. The zero-order valence-electron chi connectivity index (χ0n) is 11.2. The van der Waals surface area contributed by atoms with Crippen molar-refractivity contribution in [3.8, 4) is 0 Å². The van der Waals surface area contributed by atoms with E-state index >= 15 is 0 Å². The molecule has 7 heteroatoms. The highest BCUT2D eigenvalue weighted by Crippen LogP contribution is 2.18. The lowest BCUT2D eigenvalue weighted by molar-refractivity contribution is 0.127. The Morgan fingerprint density at radius 3 is 2.61 bits per heavy atom. The van der Waals surface area contributed by atoms with Gasteiger partial charge in [-0.3, -0.25) is 4.90 Å². The summed E-state index contributed by atoms with van der Waals surface area (Å²) in [5.41, 5.74) is -0.577. The molecule has 1 rings (SSSR count). The van der Waals surface area contributed by atoms with Gasteiger partial charge in [0.1, 0.15) is 6.61 Å². The van der Waals surface area contributed by atoms with E-state index in [2.05, 4.69) is 4.72 Å². The van der Waals surface area contributed by atoms with E-state index in [1.807, 2.05) is 20.8 Å². The molecule has 0 aliphatic carbocycles. The first-order chi connectivity index (χ1) is 8.28. The molecule has 1 fully saturated rings. The van der Waals surface area contributed by atoms with Gasteiger partial charge in [-0.2, -0.15) is 0 Å². The number of unbranched alkanes of at least 4 members (excludes halogenated alkanes) is 1. The van der Waals surface area contributed by atoms with Gasteiger partial charge in [0.05, 0.1) is 17.8 Å². The summed E-state index contributed by atoms with van der Waals surface area (Å²) in [4.78, 5) is 13.0. The highest BCUT2D eigenvalue weighted by molar-refractivity contribution is 7.89. The largest absolute Gasteiger partial charge is 0.448 e. The lowest BCUT2D eigenvalue weighted by Crippen LogP contribution is -2.52. The molecule has 1 saturated heterocycles. The van der Waals surface area contributed by atoms with Crippen LogP contribution in [0, 0.1) is 0 Å². The lowest BCUT2D eigenvalue weighted by Gasteiger charge is -2.33. The number of nitrogens with one attached hydrogen (secondary N) is 1. The van der Waals surface area contributed by atoms with Crippen molar-refractivity contribution >= 4 is 16.1 Å². The Bertz CT molecular complexity index is 392. The average Bonchev–Trinajstić information content (AvgIpc) is 2.71. The van der Waals surface area contributed by atoms with Gasteiger partial charge in [-0.15, -0.1) is 0 Å². The van der Waals surface area contributed by atoms with Crippen molar-refractivity contribution in [3.05, 3.63) is 0 Å². The van der Waals surface area contributed by atoms with Gasteiger partial charge in [0.25, 0.3) is 0 Å². The molecular weight excluding hydrogens is 256 g/mol. The number of cyclic esters (lactones) is 1. The van der Waals surface area contributed by atoms with Gasteiger partial charge < -0.3 is 4.74 Å². The van der Waals surface area contributed by atoms with Crippen LogP contribution in [0.5, 0.6) is 0 Å². The highest BCUT2D eigenvalue weighted by Gasteiger charge is 2.36. The van der Waals surface area contributed by atoms with Gasteiger partial charge in [0.2, 0.25) is 10.0 Å². The molecule has 0 aromatic heterocycles. The molecule has 0 unspecified atom stereocenters. The minimum atomic E-state index is -3.25. The summed E-state index contributed by atoms with van der Waals surface area (Å²) in [6.45, 7) is 6.66. The van der Waals surface area contributed by atoms with Crippen LogP contribution in [0.1, 0.15) is 33.6 Å². The summed E-state index contributed by atoms with van der Waals surface area (Å²) in [6.07, 6.45) is 1.09. The van der Waals surface area contributed by atoms with E-state index in [4.69, 9.17) is 4.74 Å². The minimum Gasteiger partial charge on any atom is -0.448 e. The van der Waals surface area contributed by atoms with Crippen molar-refractivity contribution in [2.24, 2.45) is 0 Å². The second-order valence-corrected chi connectivity index (χ2v) is 7.00. The first-order valence-corrected chi connectivity index (χ1v) is 7.85. The van der Waals surface area contributed by atoms with Crippen molar-refractivity contribution < 1.29 is 17.9 Å². The number of sulfonamides is 1. The van der Waals surface area contributed by atoms with Crippen molar-refractivity contribution in [2.45, 2.75) is 39.2 Å². The SMILES string of the molecule is CCCCS(=O)(=O)NCC(C)(C)N1CCOC1=O. The number of amides is 1. The molecule has 1 N–H and O–H groups in total. The quantitative estimate of drug-likeness (QED) is 0.752. The maximum Gasteiger partial charge on any atom is 0.410 e. The summed E-state index contributed by atoms with van der Waals surface area (Å²) in [5.74, 6) is 0.129. The van der Waals surface area contributed by atoms with Crippen molar-refractivity contribution in [1.29, 1.82) is 0 Å². The van der Waals surface area contributed by atoms with E-state index in [0.29, 0.717) is 19.6 Å². The molecule has 6 nitrogen and oxygen atoms in total. The Labute approximate surface area is 109 Å². The Balaban J connectivity index is 2.53. The zero-order valence-corrected chi connectivity index (χ0v) is 12.0. The van der Waals surface area contributed by atoms with Crippen LogP contribution in [0.25, 0.3) is 0 Å². The summed E-state index contributed by atoms with van der Waals surface area (Å²) in [7, 11) is -3.25. The Kier molecular flexibility index (Phi) is 4.98. The van der Waals surface area contributed by atoms with Crippen LogP contribution in [-0.2, 0) is 14.8 Å². The third-order valence-electron chi connectivity index (χ3n) is 2.98. The van der Waals surface area contributed by atoms with Crippen LogP contribution in [-0.4, -0.2) is 50.4 Å². The number of nitrogens with zero attached hydrogens (tertiary/aromatic N) is 1. The van der Waals surface area contributed by atoms with Crippen LogP contribution in [0.2, 0.25) is 0 Å². The van der Waals surface area contributed by atoms with Gasteiger partial charge in [0.15, 0.2) is 0 Å². The summed E-state index contributed by atoms with van der Waals surface area (Å²) < 4.78 is 30.8. The monoisotopic (exact) mass is 278 g/mol. The molecule has 1 amide bonds. The molecule has 0 bridgehead atoms. The highest BCUT2D eigenvalue weighted by atomic mass is 32.2. The fourth-order valence-corrected chi connectivity index (χ4v) is 3.12. The summed E-state index contributed by atoms with van der Waals surface area (Å²) >= 11 is 0. The van der Waals surface area contributed by atoms with Gasteiger partial charge in [-0.25, -0.2) is 17.9 Å². The van der Waals surface area contributed by atoms with E-state index in [1.165, 1.54) is 0 Å². The third-order valence-corrected chi connectivity index (χ3v) is 4.39. The van der Waals surface area contributed by atoms with Gasteiger partial charge >= 0.3 is 6.09 Å². The van der Waals surface area contributed by atoms with E-state index in [1.54, 1.807) is 4.90 Å². The fraction of sp³-hybridized carbons (Fsp3) is 0.909. The lowest BCUT2D eigenvalue weighted by atomic mass is 10.0. The van der Waals surface area contributed by atoms with E-state index in [0.717, 1.165) is 6.42 Å². The molecule has 0 aromatic rings. The Morgan fingerprint density at radius 2 is 2.11 bits per heavy atom. The molecule has 18 heavy (non-hydrogen) atoms. The standard InChI is InChI=1S/C11H22N2O4S/c1-4-5-8-18(15,16)12-9-11(2,3)13-6-7-17-10(13)14/h12H,4-9H2,1-3H3. The minimum absolute atomic E-state index is 0.129. The van der Waals surface area contributed by atoms with Crippen molar-refractivity contribution in [2.75, 3.05) is 25.4 Å². The first kappa shape index (κ1) is 15.2. The number of ether oxygens (including phenoxy) is 1. The number of rotatable bonds is 7. The predicted octanol–water partition coefficient (Wildman–Crippen LogP) is 0.937. The van der Waals surface area contributed by atoms with Crippen LogP contribution >= 0.6 is 0 Å². The molecule has 106 valence electrons. The fourth-order valence-electron chi connectivity index (χ4n) is 1.73. The van der Waals surface area contributed by atoms with Gasteiger partial charge in [-0.1, -0.05) is 13.3 Å². The van der Waals surface area contributed by atoms with E-state index in [9.17, 15) is 13.2 Å². The topological polar surface area (TPSA) is 75.7 Å². The van der Waals surface area contributed by atoms with Gasteiger partial charge in [-0.05, 0) is 20.3 Å². The van der Waals surface area contributed by atoms with Crippen molar-refractivity contribution in [1.82, 2.24) is 9.62 Å². The molecule has 1 aliphatic rings. The molecule has 0 saturated carbocycles. The van der Waals surface area contributed by atoms with E-state index in [-0.39, 0.29) is 18.4 Å². The normalized spacial score (nSPS) is 17.1. The molecule has 0 radical (unpaired) electrons. The summed E-state index contributed by atoms with van der Waals surface area (Å²) in [6, 6.07) is 0. The maximum atomic E-state index is 11.7. The molecule has 1 aliphatic heterocycles. The average molecular weight is 278 g/mol. The molecule has 0 aromatic carbocycles. The van der Waals surface area contributed by atoms with Gasteiger partial charge in [0, 0.05) is 6.54 Å². The maximum absolute atomic E-state index is 11.7. The van der Waals surface area contributed by atoms with Crippen molar-refractivity contribution in [3.63, 3.8) is 0 Å². The number of carbonyl (C=O) groups is 1. The van der Waals surface area contributed by atoms with Crippen LogP contribution in [0.4, 0.5) is 4.79 Å². The zero-order chi connectivity index (χ0) is 13.8. The first-order valence-electron chi connectivity index (χ1n) is 6.20. The van der Waals surface area contributed by atoms with Crippen LogP contribution < -0.4 is 4.72 Å². The van der Waals surface area contributed by atoms with Crippen LogP contribution in [0.15, 0.2) is 0 Å². The smallest absolute Gasteiger partial charge is 0.410 e. The molecule has 0 spiro atoms. The number of hydrogen-bond acceptors (Lipinski definition) is 4. The second kappa shape index (κ2) is 5.88. The molecule has 0 atom stereocenters. The Hall–Kier alpha value is -0.820. The second-order valence-electron chi connectivity index (χ2n) is 5.07. The molecule has 1 heterocycles. The third kappa shape index (κ3) is 4.13. The molecular formula is C11H22N2O4S. The number of carbonyl (C=O) groups excluding carboxylic acids is 1. The van der Waals surface area contributed by atoms with E-state index < -0.39 is 15.6 Å². The Morgan fingerprint density at radius 1 is 1.44 bits per heavy atom. The predicted molar refractivity (Wildman–Crippen MR) is 68.8 cm³/mol. The number of hydrogen-bond donors (Lipinski definition) is 1. The van der Waals surface area contributed by atoms with Crippen LogP contribution in [0.3, 0.4) is 0 Å².